The molecule has 2 atom stereocenters. The molecule has 6 heteroatoms. The number of carbonyl (C=O) groups is 2. The smallest absolute Gasteiger partial charge is 0.324 e. The van der Waals surface area contributed by atoms with Crippen LogP contribution < -0.4 is 5.32 Å². The molecule has 2 saturated heterocycles. The molecule has 0 radical (unpaired) electrons. The van der Waals surface area contributed by atoms with Crippen LogP contribution in [-0.4, -0.2) is 48.9 Å². The molecule has 0 aliphatic carbocycles. The fraction of sp³-hybridized carbons (Fsp3) is 0.818. The maximum atomic E-state index is 11.9. The zero-order valence-electron chi connectivity index (χ0n) is 9.98. The first-order chi connectivity index (χ1) is 8.22. The highest BCUT2D eigenvalue weighted by Gasteiger charge is 2.38. The molecule has 0 bridgehead atoms. The van der Waals surface area contributed by atoms with Crippen molar-refractivity contribution in [2.45, 2.75) is 38.3 Å². The number of nitrogens with one attached hydrogen (secondary N) is 1. The SMILES string of the molecule is CCC[C@H]1NC(=O)N(C[C@@H]2CCOCO2)C1=O. The third kappa shape index (κ3) is 2.76. The van der Waals surface area contributed by atoms with Crippen LogP contribution in [0, 0.1) is 0 Å². The van der Waals surface area contributed by atoms with E-state index in [1.807, 2.05) is 6.92 Å². The summed E-state index contributed by atoms with van der Waals surface area (Å²) in [7, 11) is 0. The van der Waals surface area contributed by atoms with Crippen molar-refractivity contribution < 1.29 is 19.1 Å². The van der Waals surface area contributed by atoms with Crippen LogP contribution in [-0.2, 0) is 14.3 Å². The van der Waals surface area contributed by atoms with Crippen molar-refractivity contribution in [2.24, 2.45) is 0 Å². The minimum atomic E-state index is -0.354. The highest BCUT2D eigenvalue weighted by molar-refractivity contribution is 6.04. The van der Waals surface area contributed by atoms with Crippen LogP contribution in [0.15, 0.2) is 0 Å². The van der Waals surface area contributed by atoms with E-state index in [0.29, 0.717) is 19.6 Å². The van der Waals surface area contributed by atoms with E-state index in [-0.39, 0.29) is 30.9 Å². The lowest BCUT2D eigenvalue weighted by atomic mass is 10.1. The maximum absolute atomic E-state index is 11.9. The predicted molar refractivity (Wildman–Crippen MR) is 59.2 cm³/mol. The average molecular weight is 242 g/mol. The third-order valence-electron chi connectivity index (χ3n) is 3.04. The number of rotatable bonds is 4. The quantitative estimate of drug-likeness (QED) is 0.728. The lowest BCUT2D eigenvalue weighted by molar-refractivity contribution is -0.148. The second kappa shape index (κ2) is 5.46. The van der Waals surface area contributed by atoms with Crippen LogP contribution in [0.2, 0.25) is 0 Å². The number of hydrogen-bond donors (Lipinski definition) is 1. The summed E-state index contributed by atoms with van der Waals surface area (Å²) in [5, 5.41) is 2.69. The van der Waals surface area contributed by atoms with Gasteiger partial charge in [0.15, 0.2) is 0 Å². The van der Waals surface area contributed by atoms with Gasteiger partial charge in [-0.3, -0.25) is 9.69 Å². The molecule has 2 rings (SSSR count). The first kappa shape index (κ1) is 12.3. The summed E-state index contributed by atoms with van der Waals surface area (Å²) in [4.78, 5) is 24.8. The summed E-state index contributed by atoms with van der Waals surface area (Å²) < 4.78 is 10.4. The van der Waals surface area contributed by atoms with Crippen molar-refractivity contribution in [1.82, 2.24) is 10.2 Å². The average Bonchev–Trinajstić information content (AvgIpc) is 2.59. The number of imide groups is 1. The topological polar surface area (TPSA) is 67.9 Å². The fourth-order valence-corrected chi connectivity index (χ4v) is 2.08. The molecule has 3 amide bonds. The van der Waals surface area contributed by atoms with Crippen molar-refractivity contribution in [1.29, 1.82) is 0 Å². The molecule has 6 nitrogen and oxygen atoms in total. The summed E-state index contributed by atoms with van der Waals surface area (Å²) in [5.74, 6) is -0.132. The summed E-state index contributed by atoms with van der Waals surface area (Å²) >= 11 is 0. The predicted octanol–water partition coefficient (Wildman–Crippen LogP) is 0.470. The molecule has 2 aliphatic heterocycles. The van der Waals surface area contributed by atoms with Gasteiger partial charge in [-0.1, -0.05) is 13.3 Å². The molecule has 17 heavy (non-hydrogen) atoms. The standard InChI is InChI=1S/C11H18N2O4/c1-2-3-9-10(14)13(11(15)12-9)6-8-4-5-16-7-17-8/h8-9H,2-7H2,1H3,(H,12,15)/t8-,9+/m0/s1. The number of ether oxygens (including phenoxy) is 2. The molecule has 2 heterocycles. The Balaban J connectivity index is 1.91. The lowest BCUT2D eigenvalue weighted by Gasteiger charge is -2.25. The molecule has 1 N–H and O–H groups in total. The molecule has 2 aliphatic rings. The maximum Gasteiger partial charge on any atom is 0.324 e. The Hall–Kier alpha value is -1.14. The van der Waals surface area contributed by atoms with Crippen LogP contribution in [0.4, 0.5) is 4.79 Å². The molecule has 0 saturated carbocycles. The van der Waals surface area contributed by atoms with E-state index in [1.165, 1.54) is 4.90 Å². The molecule has 0 spiro atoms. The Kier molecular flexibility index (Phi) is 3.96. The minimum absolute atomic E-state index is 0.0983. The summed E-state index contributed by atoms with van der Waals surface area (Å²) in [6, 6.07) is -0.657. The van der Waals surface area contributed by atoms with Gasteiger partial charge < -0.3 is 14.8 Å². The molecule has 0 aromatic carbocycles. The Bertz CT molecular complexity index is 302. The summed E-state index contributed by atoms with van der Waals surface area (Å²) in [6.07, 6.45) is 2.18. The van der Waals surface area contributed by atoms with Crippen molar-refractivity contribution in [2.75, 3.05) is 19.9 Å². The van der Waals surface area contributed by atoms with Gasteiger partial charge in [-0.2, -0.15) is 0 Å². The molecule has 2 fully saturated rings. The largest absolute Gasteiger partial charge is 0.355 e. The molecule has 0 aromatic heterocycles. The van der Waals surface area contributed by atoms with E-state index in [2.05, 4.69) is 5.32 Å². The van der Waals surface area contributed by atoms with Crippen molar-refractivity contribution in [3.63, 3.8) is 0 Å². The van der Waals surface area contributed by atoms with Crippen molar-refractivity contribution in [3.05, 3.63) is 0 Å². The van der Waals surface area contributed by atoms with Crippen LogP contribution in [0.1, 0.15) is 26.2 Å². The van der Waals surface area contributed by atoms with Crippen LogP contribution in [0.5, 0.6) is 0 Å². The Morgan fingerprint density at radius 2 is 2.29 bits per heavy atom. The van der Waals surface area contributed by atoms with Gasteiger partial charge in [0.05, 0.1) is 19.3 Å². The van der Waals surface area contributed by atoms with E-state index in [1.54, 1.807) is 0 Å². The first-order valence-corrected chi connectivity index (χ1v) is 6.03. The Morgan fingerprint density at radius 3 is 2.94 bits per heavy atom. The van der Waals surface area contributed by atoms with Crippen molar-refractivity contribution >= 4 is 11.9 Å². The van der Waals surface area contributed by atoms with Gasteiger partial charge in [0, 0.05) is 0 Å². The number of hydrogen-bond acceptors (Lipinski definition) is 4. The van der Waals surface area contributed by atoms with E-state index in [0.717, 1.165) is 12.8 Å². The highest BCUT2D eigenvalue weighted by atomic mass is 16.7. The van der Waals surface area contributed by atoms with Crippen LogP contribution >= 0.6 is 0 Å². The molecule has 0 unspecified atom stereocenters. The van der Waals surface area contributed by atoms with Gasteiger partial charge in [-0.05, 0) is 12.8 Å². The Morgan fingerprint density at radius 1 is 1.47 bits per heavy atom. The lowest BCUT2D eigenvalue weighted by Crippen LogP contribution is -2.41. The van der Waals surface area contributed by atoms with E-state index in [4.69, 9.17) is 9.47 Å². The third-order valence-corrected chi connectivity index (χ3v) is 3.04. The van der Waals surface area contributed by atoms with Gasteiger partial charge in [0.2, 0.25) is 0 Å². The first-order valence-electron chi connectivity index (χ1n) is 6.03. The normalized spacial score (nSPS) is 29.6. The van der Waals surface area contributed by atoms with Gasteiger partial charge in [0.1, 0.15) is 12.8 Å². The van der Waals surface area contributed by atoms with Gasteiger partial charge >= 0.3 is 6.03 Å². The second-order valence-corrected chi connectivity index (χ2v) is 4.34. The van der Waals surface area contributed by atoms with Gasteiger partial charge in [0.25, 0.3) is 5.91 Å². The molecular weight excluding hydrogens is 224 g/mol. The number of nitrogens with zero attached hydrogens (tertiary/aromatic N) is 1. The number of amides is 3. The molecule has 0 aromatic rings. The van der Waals surface area contributed by atoms with Crippen molar-refractivity contribution in [3.8, 4) is 0 Å². The minimum Gasteiger partial charge on any atom is -0.355 e. The van der Waals surface area contributed by atoms with Gasteiger partial charge in [-0.15, -0.1) is 0 Å². The molecule has 96 valence electrons. The molecular formula is C11H18N2O4. The van der Waals surface area contributed by atoms with Crippen LogP contribution in [0.3, 0.4) is 0 Å². The highest BCUT2D eigenvalue weighted by Crippen LogP contribution is 2.15. The monoisotopic (exact) mass is 242 g/mol. The number of urea groups is 1. The zero-order chi connectivity index (χ0) is 12.3. The van der Waals surface area contributed by atoms with E-state index in [9.17, 15) is 9.59 Å². The van der Waals surface area contributed by atoms with Crippen LogP contribution in [0.25, 0.3) is 0 Å². The Labute approximate surface area is 100 Å². The fourth-order valence-electron chi connectivity index (χ4n) is 2.08. The zero-order valence-corrected chi connectivity index (χ0v) is 9.98. The van der Waals surface area contributed by atoms with E-state index >= 15 is 0 Å². The van der Waals surface area contributed by atoms with E-state index < -0.39 is 0 Å². The van der Waals surface area contributed by atoms with Gasteiger partial charge in [-0.25, -0.2) is 4.79 Å². The number of carbonyl (C=O) groups excluding carboxylic acids is 2. The second-order valence-electron chi connectivity index (χ2n) is 4.34. The summed E-state index contributed by atoms with van der Waals surface area (Å²) in [5.41, 5.74) is 0. The summed E-state index contributed by atoms with van der Waals surface area (Å²) in [6.45, 7) is 3.18.